The Labute approximate surface area is 349 Å². The highest BCUT2D eigenvalue weighted by Crippen LogP contribution is 2.41. The minimum atomic E-state index is 0.547. The molecular weight excluding hydrogens is 755 g/mol. The molecule has 0 aliphatic heterocycles. The number of rotatable bonds is 7. The van der Waals surface area contributed by atoms with Crippen molar-refractivity contribution in [3.63, 3.8) is 0 Å². The molecule has 61 heavy (non-hydrogen) atoms. The molecule has 0 spiro atoms. The first-order valence-corrected chi connectivity index (χ1v) is 20.2. The third kappa shape index (κ3) is 5.55. The molecule has 6 aromatic heterocycles. The van der Waals surface area contributed by atoms with E-state index in [1.54, 1.807) is 12.4 Å². The van der Waals surface area contributed by atoms with Gasteiger partial charge in [-0.15, -0.1) is 0 Å². The number of benzene rings is 6. The maximum atomic E-state index is 6.74. The lowest BCUT2D eigenvalue weighted by atomic mass is 10.1. The zero-order valence-electron chi connectivity index (χ0n) is 33.2. The molecule has 0 atom stereocenters. The van der Waals surface area contributed by atoms with Crippen LogP contribution in [0.25, 0.3) is 83.0 Å². The lowest BCUT2D eigenvalue weighted by molar-refractivity contribution is 0.483. The standard InChI is InChI=1S/C52H35N7O2/c1-32-26-36(30-46-50(32)40-12-3-5-14-42(40)57(46)48-16-7-9-22-53-48)60-34-18-20-38-39-21-19-35(29-45(39)59(44(38)28-34)52-55-24-11-25-56-52)61-37-27-33(2)51-41-13-4-6-15-43(41)58(47(51)31-37)49-17-8-10-23-54-49/h3-31H,1-2H3. The number of aryl methyl sites for hydroxylation is 2. The van der Waals surface area contributed by atoms with E-state index in [-0.39, 0.29) is 0 Å². The van der Waals surface area contributed by atoms with Crippen molar-refractivity contribution in [1.82, 2.24) is 33.6 Å². The van der Waals surface area contributed by atoms with Gasteiger partial charge in [-0.2, -0.15) is 0 Å². The van der Waals surface area contributed by atoms with Gasteiger partial charge in [0, 0.05) is 81.4 Å². The summed E-state index contributed by atoms with van der Waals surface area (Å²) in [5.74, 6) is 5.09. The fraction of sp³-hybridized carbons (Fsp3) is 0.0385. The van der Waals surface area contributed by atoms with E-state index in [2.05, 4.69) is 125 Å². The van der Waals surface area contributed by atoms with Gasteiger partial charge in [0.1, 0.15) is 34.6 Å². The van der Waals surface area contributed by atoms with Crippen LogP contribution >= 0.6 is 0 Å². The quantitative estimate of drug-likeness (QED) is 0.160. The molecule has 9 nitrogen and oxygen atoms in total. The number of hydrogen-bond acceptors (Lipinski definition) is 6. The molecule has 0 aliphatic rings. The van der Waals surface area contributed by atoms with Crippen molar-refractivity contribution in [1.29, 1.82) is 0 Å². The van der Waals surface area contributed by atoms with Crippen molar-refractivity contribution in [2.24, 2.45) is 0 Å². The lowest BCUT2D eigenvalue weighted by Gasteiger charge is -2.11. The SMILES string of the molecule is Cc1cc(Oc2ccc3c4ccc(Oc5cc(C)c6c7ccccc7n(-c7ccccn7)c6c5)cc4n(-c4ncccn4)c3c2)cc2c1c1ccccc1n2-c1ccccn1. The van der Waals surface area contributed by atoms with Gasteiger partial charge in [0.25, 0.3) is 0 Å². The van der Waals surface area contributed by atoms with Crippen LogP contribution in [0, 0.1) is 13.8 Å². The maximum absolute atomic E-state index is 6.74. The molecule has 9 heteroatoms. The zero-order valence-corrected chi connectivity index (χ0v) is 33.2. The average molecular weight is 790 g/mol. The van der Waals surface area contributed by atoms with Crippen molar-refractivity contribution in [3.8, 4) is 40.6 Å². The predicted molar refractivity (Wildman–Crippen MR) is 243 cm³/mol. The second kappa shape index (κ2) is 13.6. The minimum Gasteiger partial charge on any atom is -0.457 e. The second-order valence-corrected chi connectivity index (χ2v) is 15.3. The molecule has 0 bridgehead atoms. The van der Waals surface area contributed by atoms with E-state index >= 15 is 0 Å². The summed E-state index contributed by atoms with van der Waals surface area (Å²) < 4.78 is 20.0. The summed E-state index contributed by atoms with van der Waals surface area (Å²) in [5.41, 5.74) is 8.30. The third-order valence-electron chi connectivity index (χ3n) is 11.6. The van der Waals surface area contributed by atoms with Gasteiger partial charge in [0.05, 0.1) is 33.1 Å². The molecule has 0 aliphatic carbocycles. The molecule has 0 radical (unpaired) electrons. The largest absolute Gasteiger partial charge is 0.457 e. The Balaban J connectivity index is 0.971. The summed E-state index contributed by atoms with van der Waals surface area (Å²) >= 11 is 0. The van der Waals surface area contributed by atoms with E-state index < -0.39 is 0 Å². The summed E-state index contributed by atoms with van der Waals surface area (Å²) in [7, 11) is 0. The van der Waals surface area contributed by atoms with Crippen molar-refractivity contribution < 1.29 is 9.47 Å². The molecule has 0 saturated carbocycles. The average Bonchev–Trinajstić information content (AvgIpc) is 3.92. The molecule has 0 unspecified atom stereocenters. The molecule has 12 rings (SSSR count). The Bertz CT molecular complexity index is 3450. The van der Waals surface area contributed by atoms with Crippen LogP contribution in [0.4, 0.5) is 0 Å². The van der Waals surface area contributed by atoms with Gasteiger partial charge in [-0.25, -0.2) is 19.9 Å². The lowest BCUT2D eigenvalue weighted by Crippen LogP contribution is -2.00. The summed E-state index contributed by atoms with van der Waals surface area (Å²) in [6, 6.07) is 51.5. The van der Waals surface area contributed by atoms with Crippen LogP contribution in [0.2, 0.25) is 0 Å². The highest BCUT2D eigenvalue weighted by atomic mass is 16.5. The fourth-order valence-corrected chi connectivity index (χ4v) is 9.13. The number of para-hydroxylation sites is 2. The van der Waals surface area contributed by atoms with E-state index in [9.17, 15) is 0 Å². The topological polar surface area (TPSA) is 84.8 Å². The second-order valence-electron chi connectivity index (χ2n) is 15.3. The van der Waals surface area contributed by atoms with Gasteiger partial charge in [0.2, 0.25) is 5.95 Å². The normalized spacial score (nSPS) is 11.8. The van der Waals surface area contributed by atoms with Gasteiger partial charge in [-0.05, 0) is 104 Å². The summed E-state index contributed by atoms with van der Waals surface area (Å²) in [6.07, 6.45) is 7.18. The van der Waals surface area contributed by atoms with E-state index in [1.165, 1.54) is 21.5 Å². The van der Waals surface area contributed by atoms with Gasteiger partial charge >= 0.3 is 0 Å². The summed E-state index contributed by atoms with van der Waals surface area (Å²) in [5, 5.41) is 6.78. The Morgan fingerprint density at radius 2 is 0.787 bits per heavy atom. The van der Waals surface area contributed by atoms with Crippen molar-refractivity contribution >= 4 is 65.4 Å². The molecule has 0 N–H and O–H groups in total. The van der Waals surface area contributed by atoms with Crippen LogP contribution in [0.15, 0.2) is 176 Å². The van der Waals surface area contributed by atoms with E-state index in [0.717, 1.165) is 78.1 Å². The van der Waals surface area contributed by atoms with Gasteiger partial charge in [-0.1, -0.05) is 48.5 Å². The first-order valence-electron chi connectivity index (χ1n) is 20.2. The van der Waals surface area contributed by atoms with Crippen LogP contribution in [-0.2, 0) is 0 Å². The Morgan fingerprint density at radius 1 is 0.344 bits per heavy atom. The number of ether oxygens (including phenoxy) is 2. The number of hydrogen-bond donors (Lipinski definition) is 0. The maximum Gasteiger partial charge on any atom is 0.234 e. The molecule has 290 valence electrons. The molecular formula is C52H35N7O2. The zero-order chi connectivity index (χ0) is 40.6. The molecule has 0 saturated heterocycles. The molecule has 0 amide bonds. The number of fused-ring (bicyclic) bond motifs is 9. The third-order valence-corrected chi connectivity index (χ3v) is 11.6. The highest BCUT2D eigenvalue weighted by Gasteiger charge is 2.20. The van der Waals surface area contributed by atoms with E-state index in [4.69, 9.17) is 29.4 Å². The molecule has 6 aromatic carbocycles. The Kier molecular flexibility index (Phi) is 7.76. The van der Waals surface area contributed by atoms with Crippen molar-refractivity contribution in [2.45, 2.75) is 13.8 Å². The van der Waals surface area contributed by atoms with Gasteiger partial charge < -0.3 is 9.47 Å². The molecule has 0 fully saturated rings. The number of nitrogens with zero attached hydrogens (tertiary/aromatic N) is 7. The summed E-state index contributed by atoms with van der Waals surface area (Å²) in [4.78, 5) is 18.9. The smallest absolute Gasteiger partial charge is 0.234 e. The number of aromatic nitrogens is 7. The van der Waals surface area contributed by atoms with Gasteiger partial charge in [0.15, 0.2) is 0 Å². The minimum absolute atomic E-state index is 0.547. The van der Waals surface area contributed by atoms with E-state index in [1.807, 2.05) is 67.0 Å². The van der Waals surface area contributed by atoms with Crippen LogP contribution in [0.3, 0.4) is 0 Å². The van der Waals surface area contributed by atoms with Crippen molar-refractivity contribution in [3.05, 3.63) is 188 Å². The highest BCUT2D eigenvalue weighted by molar-refractivity contribution is 6.13. The Hall–Kier alpha value is -8.30. The van der Waals surface area contributed by atoms with Crippen LogP contribution in [0.5, 0.6) is 23.0 Å². The van der Waals surface area contributed by atoms with Gasteiger partial charge in [-0.3, -0.25) is 13.7 Å². The predicted octanol–water partition coefficient (Wildman–Crippen LogP) is 12.8. The van der Waals surface area contributed by atoms with Crippen molar-refractivity contribution in [2.75, 3.05) is 0 Å². The first kappa shape index (κ1) is 34.7. The monoisotopic (exact) mass is 789 g/mol. The Morgan fingerprint density at radius 3 is 1.26 bits per heavy atom. The molecule has 12 aromatic rings. The first-order chi connectivity index (χ1) is 30.1. The van der Waals surface area contributed by atoms with Crippen LogP contribution in [0.1, 0.15) is 11.1 Å². The van der Waals surface area contributed by atoms with Crippen LogP contribution in [-0.4, -0.2) is 33.6 Å². The van der Waals surface area contributed by atoms with E-state index in [0.29, 0.717) is 17.4 Å². The number of pyridine rings is 2. The van der Waals surface area contributed by atoms with Crippen LogP contribution < -0.4 is 9.47 Å². The molecule has 6 heterocycles. The fourth-order valence-electron chi connectivity index (χ4n) is 9.13. The summed E-state index contributed by atoms with van der Waals surface area (Å²) in [6.45, 7) is 4.27.